The SMILES string of the molecule is CC[C@H]1CCc2sc(C(=O)N/N=C\c3cccnc3)cc2C1. The minimum atomic E-state index is -0.132. The number of hydrogen-bond donors (Lipinski definition) is 1. The number of carbonyl (C=O) groups excluding carboxylic acids is 1. The molecule has 0 saturated carbocycles. The van der Waals surface area contributed by atoms with Crippen molar-refractivity contribution in [1.82, 2.24) is 10.4 Å². The highest BCUT2D eigenvalue weighted by Gasteiger charge is 2.21. The van der Waals surface area contributed by atoms with E-state index in [0.29, 0.717) is 0 Å². The van der Waals surface area contributed by atoms with Crippen LogP contribution in [0.3, 0.4) is 0 Å². The molecule has 1 amide bonds. The summed E-state index contributed by atoms with van der Waals surface area (Å²) in [6.45, 7) is 2.24. The summed E-state index contributed by atoms with van der Waals surface area (Å²) in [5.41, 5.74) is 4.81. The van der Waals surface area contributed by atoms with Crippen LogP contribution in [0.2, 0.25) is 0 Å². The number of pyridine rings is 1. The Bertz CT molecular complexity index is 678. The number of fused-ring (bicyclic) bond motifs is 1. The lowest BCUT2D eigenvalue weighted by Gasteiger charge is -2.19. The van der Waals surface area contributed by atoms with Crippen LogP contribution in [0.15, 0.2) is 35.7 Å². The fourth-order valence-corrected chi connectivity index (χ4v) is 3.83. The number of aromatic nitrogens is 1. The summed E-state index contributed by atoms with van der Waals surface area (Å²) in [5, 5.41) is 4.00. The normalized spacial score (nSPS) is 17.4. The minimum Gasteiger partial charge on any atom is -0.266 e. The van der Waals surface area contributed by atoms with Gasteiger partial charge in [-0.2, -0.15) is 5.10 Å². The van der Waals surface area contributed by atoms with Gasteiger partial charge < -0.3 is 0 Å². The van der Waals surface area contributed by atoms with Crippen LogP contribution < -0.4 is 5.43 Å². The molecule has 22 heavy (non-hydrogen) atoms. The number of nitrogens with zero attached hydrogens (tertiary/aromatic N) is 2. The van der Waals surface area contributed by atoms with Gasteiger partial charge in [0.1, 0.15) is 0 Å². The molecule has 2 aromatic heterocycles. The van der Waals surface area contributed by atoms with E-state index in [1.165, 1.54) is 23.3 Å². The first kappa shape index (κ1) is 14.9. The van der Waals surface area contributed by atoms with Gasteiger partial charge in [0.15, 0.2) is 0 Å². The second kappa shape index (κ2) is 6.83. The van der Waals surface area contributed by atoms with Crippen molar-refractivity contribution in [2.75, 3.05) is 0 Å². The van der Waals surface area contributed by atoms with Gasteiger partial charge in [0.05, 0.1) is 11.1 Å². The van der Waals surface area contributed by atoms with Gasteiger partial charge in [-0.25, -0.2) is 5.43 Å². The Morgan fingerprint density at radius 1 is 1.59 bits per heavy atom. The van der Waals surface area contributed by atoms with E-state index in [1.54, 1.807) is 29.9 Å². The third-order valence-electron chi connectivity index (χ3n) is 4.05. The highest BCUT2D eigenvalue weighted by Crippen LogP contribution is 2.33. The summed E-state index contributed by atoms with van der Waals surface area (Å²) in [6.07, 6.45) is 9.67. The molecule has 1 aliphatic carbocycles. The first-order valence-electron chi connectivity index (χ1n) is 7.61. The van der Waals surface area contributed by atoms with Gasteiger partial charge in [-0.1, -0.05) is 19.4 Å². The molecule has 3 rings (SSSR count). The Balaban J connectivity index is 1.64. The third kappa shape index (κ3) is 3.42. The van der Waals surface area contributed by atoms with Crippen molar-refractivity contribution in [3.05, 3.63) is 51.5 Å². The fraction of sp³-hybridized carbons (Fsp3) is 0.353. The molecular formula is C17H19N3OS. The first-order valence-corrected chi connectivity index (χ1v) is 8.43. The fourth-order valence-electron chi connectivity index (χ4n) is 2.73. The van der Waals surface area contributed by atoms with Crippen molar-refractivity contribution in [3.63, 3.8) is 0 Å². The van der Waals surface area contributed by atoms with E-state index in [-0.39, 0.29) is 5.91 Å². The van der Waals surface area contributed by atoms with Gasteiger partial charge >= 0.3 is 0 Å². The number of carbonyl (C=O) groups is 1. The molecule has 0 bridgehead atoms. The predicted octanol–water partition coefficient (Wildman–Crippen LogP) is 3.42. The average molecular weight is 313 g/mol. The quantitative estimate of drug-likeness (QED) is 0.694. The largest absolute Gasteiger partial charge is 0.281 e. The third-order valence-corrected chi connectivity index (χ3v) is 5.29. The van der Waals surface area contributed by atoms with Crippen LogP contribution >= 0.6 is 11.3 Å². The van der Waals surface area contributed by atoms with Gasteiger partial charge in [0.2, 0.25) is 0 Å². The molecule has 0 aromatic carbocycles. The number of nitrogens with one attached hydrogen (secondary N) is 1. The van der Waals surface area contributed by atoms with Crippen molar-refractivity contribution >= 4 is 23.5 Å². The molecule has 0 aliphatic heterocycles. The lowest BCUT2D eigenvalue weighted by molar-refractivity contribution is 0.0959. The van der Waals surface area contributed by atoms with E-state index in [1.807, 2.05) is 18.2 Å². The maximum Gasteiger partial charge on any atom is 0.281 e. The topological polar surface area (TPSA) is 54.4 Å². The van der Waals surface area contributed by atoms with Gasteiger partial charge in [-0.05, 0) is 42.9 Å². The van der Waals surface area contributed by atoms with E-state index < -0.39 is 0 Å². The van der Waals surface area contributed by atoms with Gasteiger partial charge in [0.25, 0.3) is 5.91 Å². The highest BCUT2D eigenvalue weighted by molar-refractivity contribution is 7.14. The lowest BCUT2D eigenvalue weighted by atomic mass is 9.87. The summed E-state index contributed by atoms with van der Waals surface area (Å²) in [6, 6.07) is 5.76. The molecule has 2 heterocycles. The van der Waals surface area contributed by atoms with E-state index in [4.69, 9.17) is 0 Å². The van der Waals surface area contributed by atoms with Crippen LogP contribution in [0.5, 0.6) is 0 Å². The Labute approximate surface area is 134 Å². The van der Waals surface area contributed by atoms with Crippen molar-refractivity contribution in [1.29, 1.82) is 0 Å². The number of hydrazone groups is 1. The standard InChI is InChI=1S/C17H19N3OS/c1-2-12-5-6-15-14(8-12)9-16(22-15)17(21)20-19-11-13-4-3-7-18-10-13/h3-4,7,9-12H,2,5-6,8H2,1H3,(H,20,21)/b19-11-/t12-/m0/s1. The molecular weight excluding hydrogens is 294 g/mol. The molecule has 0 fully saturated rings. The number of rotatable bonds is 4. The van der Waals surface area contributed by atoms with E-state index in [2.05, 4.69) is 22.4 Å². The molecule has 0 saturated heterocycles. The molecule has 1 atom stereocenters. The van der Waals surface area contributed by atoms with Crippen LogP contribution in [0, 0.1) is 5.92 Å². The van der Waals surface area contributed by atoms with Gasteiger partial charge in [-0.3, -0.25) is 9.78 Å². The molecule has 1 N–H and O–H groups in total. The Hall–Kier alpha value is -2.01. The molecule has 0 spiro atoms. The second-order valence-electron chi connectivity index (χ2n) is 5.56. The molecule has 1 aliphatic rings. The maximum absolute atomic E-state index is 12.2. The van der Waals surface area contributed by atoms with Crippen LogP contribution in [0.1, 0.15) is 45.4 Å². The summed E-state index contributed by atoms with van der Waals surface area (Å²) >= 11 is 1.60. The number of aryl methyl sites for hydroxylation is 1. The van der Waals surface area contributed by atoms with Crippen molar-refractivity contribution in [2.45, 2.75) is 32.6 Å². The molecule has 5 heteroatoms. The summed E-state index contributed by atoms with van der Waals surface area (Å²) in [5.74, 6) is 0.634. The molecule has 4 nitrogen and oxygen atoms in total. The highest BCUT2D eigenvalue weighted by atomic mass is 32.1. The monoisotopic (exact) mass is 313 g/mol. The van der Waals surface area contributed by atoms with Gasteiger partial charge in [-0.15, -0.1) is 11.3 Å². The summed E-state index contributed by atoms with van der Waals surface area (Å²) < 4.78 is 0. The smallest absolute Gasteiger partial charge is 0.266 e. The van der Waals surface area contributed by atoms with Crippen molar-refractivity contribution < 1.29 is 4.79 Å². The average Bonchev–Trinajstić information content (AvgIpc) is 2.99. The minimum absolute atomic E-state index is 0.132. The first-order chi connectivity index (χ1) is 10.8. The van der Waals surface area contributed by atoms with Crippen molar-refractivity contribution in [2.24, 2.45) is 11.0 Å². The second-order valence-corrected chi connectivity index (χ2v) is 6.70. The molecule has 114 valence electrons. The van der Waals surface area contributed by atoms with E-state index in [9.17, 15) is 4.79 Å². The predicted molar refractivity (Wildman–Crippen MR) is 89.4 cm³/mol. The summed E-state index contributed by atoms with van der Waals surface area (Å²) in [7, 11) is 0. The zero-order chi connectivity index (χ0) is 15.4. The number of hydrogen-bond acceptors (Lipinski definition) is 4. The molecule has 0 radical (unpaired) electrons. The number of amides is 1. The Morgan fingerprint density at radius 3 is 3.27 bits per heavy atom. The number of thiophene rings is 1. The Kier molecular flexibility index (Phi) is 4.63. The molecule has 0 unspecified atom stereocenters. The van der Waals surface area contributed by atoms with Crippen LogP contribution in [0.4, 0.5) is 0 Å². The van der Waals surface area contributed by atoms with Crippen molar-refractivity contribution in [3.8, 4) is 0 Å². The zero-order valence-corrected chi connectivity index (χ0v) is 13.4. The zero-order valence-electron chi connectivity index (χ0n) is 12.6. The maximum atomic E-state index is 12.2. The van der Waals surface area contributed by atoms with Gasteiger partial charge in [0, 0.05) is 22.8 Å². The van der Waals surface area contributed by atoms with E-state index in [0.717, 1.165) is 29.2 Å². The summed E-state index contributed by atoms with van der Waals surface area (Å²) in [4.78, 5) is 18.3. The molecule has 2 aromatic rings. The van der Waals surface area contributed by atoms with E-state index >= 15 is 0 Å². The van der Waals surface area contributed by atoms with Crippen LogP contribution in [-0.4, -0.2) is 17.1 Å². The Morgan fingerprint density at radius 2 is 2.50 bits per heavy atom. The lowest BCUT2D eigenvalue weighted by Crippen LogP contribution is -2.16. The van der Waals surface area contributed by atoms with Crippen LogP contribution in [0.25, 0.3) is 0 Å². The van der Waals surface area contributed by atoms with Crippen LogP contribution in [-0.2, 0) is 12.8 Å².